The van der Waals surface area contributed by atoms with Gasteiger partial charge in [0.05, 0.1) is 30.9 Å². The highest BCUT2D eigenvalue weighted by Gasteiger charge is 2.34. The first kappa shape index (κ1) is 30.9. The highest BCUT2D eigenvalue weighted by Crippen LogP contribution is 2.30. The zero-order chi connectivity index (χ0) is 30.2. The molecule has 9 nitrogen and oxygen atoms in total. The van der Waals surface area contributed by atoms with Gasteiger partial charge in [-0.2, -0.15) is 12.7 Å². The molecule has 1 aromatic heterocycles. The summed E-state index contributed by atoms with van der Waals surface area (Å²) in [5.74, 6) is -0.625. The summed E-state index contributed by atoms with van der Waals surface area (Å²) in [5, 5.41) is 0. The van der Waals surface area contributed by atoms with E-state index >= 15 is 0 Å². The fraction of sp³-hybridized carbons (Fsp3) is 0.394. The molecule has 2 aliphatic heterocycles. The molecule has 3 heterocycles. The van der Waals surface area contributed by atoms with E-state index in [0.717, 1.165) is 33.5 Å². The molecule has 2 atom stereocenters. The molecule has 0 radical (unpaired) electrons. The number of carbonyl (C=O) groups excluding carboxylic acids is 1. The summed E-state index contributed by atoms with van der Waals surface area (Å²) in [6.45, 7) is 6.10. The molecule has 2 aliphatic rings. The highest BCUT2D eigenvalue weighted by atomic mass is 32.2. The molecule has 0 spiro atoms. The standard InChI is InChI=1S/C33H38N2O7S/c1-24-21-28(27-13-16-35(17-14-27)43(37,38)42-33(36)29-15-18-40-25(2)22-29)11-12-30(24)31-9-6-10-32(34-31)41-20-19-39-23-26-7-4-3-5-8-26/h3-13,21,25,29H,14-20,22-23H2,1-2H3. The van der Waals surface area contributed by atoms with Gasteiger partial charge in [0.15, 0.2) is 0 Å². The molecule has 0 bridgehead atoms. The van der Waals surface area contributed by atoms with Gasteiger partial charge in [0.1, 0.15) is 6.61 Å². The van der Waals surface area contributed by atoms with Gasteiger partial charge in [-0.15, -0.1) is 0 Å². The maximum atomic E-state index is 12.8. The van der Waals surface area contributed by atoms with Gasteiger partial charge in [0.2, 0.25) is 5.88 Å². The first-order valence-electron chi connectivity index (χ1n) is 14.7. The van der Waals surface area contributed by atoms with Crippen molar-refractivity contribution in [3.8, 4) is 17.1 Å². The maximum Gasteiger partial charge on any atom is 0.387 e. The fourth-order valence-electron chi connectivity index (χ4n) is 5.32. The smallest absolute Gasteiger partial charge is 0.387 e. The van der Waals surface area contributed by atoms with Crippen LogP contribution >= 0.6 is 0 Å². The molecule has 0 N–H and O–H groups in total. The van der Waals surface area contributed by atoms with E-state index in [0.29, 0.717) is 51.6 Å². The maximum absolute atomic E-state index is 12.8. The van der Waals surface area contributed by atoms with Gasteiger partial charge >= 0.3 is 16.3 Å². The minimum absolute atomic E-state index is 0.0900. The highest BCUT2D eigenvalue weighted by molar-refractivity contribution is 7.84. The fourth-order valence-corrected chi connectivity index (χ4v) is 6.34. The molecular weight excluding hydrogens is 568 g/mol. The molecule has 228 valence electrons. The van der Waals surface area contributed by atoms with E-state index in [2.05, 4.69) is 11.1 Å². The van der Waals surface area contributed by atoms with Gasteiger partial charge in [-0.1, -0.05) is 60.7 Å². The van der Waals surface area contributed by atoms with Crippen molar-refractivity contribution in [2.24, 2.45) is 5.92 Å². The van der Waals surface area contributed by atoms with Crippen LogP contribution in [0.25, 0.3) is 16.8 Å². The van der Waals surface area contributed by atoms with Crippen LogP contribution in [0.1, 0.15) is 42.9 Å². The first-order valence-corrected chi connectivity index (χ1v) is 16.0. The Morgan fingerprint density at radius 1 is 1.07 bits per heavy atom. The summed E-state index contributed by atoms with van der Waals surface area (Å²) in [4.78, 5) is 17.2. The van der Waals surface area contributed by atoms with Crippen LogP contribution in [0.15, 0.2) is 72.8 Å². The molecule has 43 heavy (non-hydrogen) atoms. The Labute approximate surface area is 253 Å². The third-order valence-electron chi connectivity index (χ3n) is 7.68. The second-order valence-electron chi connectivity index (χ2n) is 10.9. The lowest BCUT2D eigenvalue weighted by Crippen LogP contribution is -2.39. The number of hydrogen-bond acceptors (Lipinski definition) is 8. The van der Waals surface area contributed by atoms with Gasteiger partial charge in [-0.3, -0.25) is 4.79 Å². The van der Waals surface area contributed by atoms with Crippen molar-refractivity contribution in [2.45, 2.75) is 45.8 Å². The van der Waals surface area contributed by atoms with Crippen LogP contribution in [-0.2, 0) is 35.4 Å². The number of aryl methyl sites for hydroxylation is 1. The molecule has 5 rings (SSSR count). The van der Waals surface area contributed by atoms with Gasteiger partial charge < -0.3 is 18.4 Å². The van der Waals surface area contributed by atoms with Crippen LogP contribution in [0.4, 0.5) is 0 Å². The Bertz CT molecular complexity index is 1540. The van der Waals surface area contributed by atoms with Crippen LogP contribution in [0.5, 0.6) is 5.88 Å². The Balaban J connectivity index is 1.15. The molecule has 1 saturated heterocycles. The van der Waals surface area contributed by atoms with Crippen molar-refractivity contribution in [3.63, 3.8) is 0 Å². The second kappa shape index (κ2) is 14.3. The molecule has 3 aromatic rings. The third-order valence-corrected chi connectivity index (χ3v) is 9.02. The van der Waals surface area contributed by atoms with Crippen LogP contribution in [0.3, 0.4) is 0 Å². The molecule has 0 amide bonds. The minimum Gasteiger partial charge on any atom is -0.475 e. The Hall–Kier alpha value is -3.57. The Kier molecular flexibility index (Phi) is 10.2. The number of ether oxygens (including phenoxy) is 3. The number of nitrogens with zero attached hydrogens (tertiary/aromatic N) is 2. The molecule has 2 aromatic carbocycles. The van der Waals surface area contributed by atoms with E-state index in [4.69, 9.17) is 18.4 Å². The van der Waals surface area contributed by atoms with Crippen molar-refractivity contribution in [2.75, 3.05) is 32.9 Å². The normalized spacial score (nSPS) is 19.4. The zero-order valence-corrected chi connectivity index (χ0v) is 25.4. The van der Waals surface area contributed by atoms with Crippen molar-refractivity contribution in [3.05, 3.63) is 89.5 Å². The minimum atomic E-state index is -4.16. The monoisotopic (exact) mass is 606 g/mol. The SMILES string of the molecule is Cc1cc(C2=CCN(S(=O)(=O)OC(=O)C3CCOC(C)C3)CC2)ccc1-c1cccc(OCCOCc2ccccc2)n1. The summed E-state index contributed by atoms with van der Waals surface area (Å²) in [5.41, 5.74) is 6.03. The van der Waals surface area contributed by atoms with Gasteiger partial charge in [0.25, 0.3) is 0 Å². The third kappa shape index (κ3) is 8.29. The number of pyridine rings is 1. The van der Waals surface area contributed by atoms with Crippen LogP contribution < -0.4 is 4.74 Å². The first-order chi connectivity index (χ1) is 20.8. The second-order valence-corrected chi connectivity index (χ2v) is 12.4. The Morgan fingerprint density at radius 2 is 1.91 bits per heavy atom. The number of benzene rings is 2. The lowest BCUT2D eigenvalue weighted by molar-refractivity contribution is -0.143. The van der Waals surface area contributed by atoms with Crippen molar-refractivity contribution >= 4 is 21.8 Å². The number of carbonyl (C=O) groups is 1. The molecule has 2 unspecified atom stereocenters. The topological polar surface area (TPSA) is 104 Å². The van der Waals surface area contributed by atoms with Crippen LogP contribution in [0.2, 0.25) is 0 Å². The average molecular weight is 607 g/mol. The quantitative estimate of drug-likeness (QED) is 0.269. The predicted octanol–water partition coefficient (Wildman–Crippen LogP) is 5.34. The van der Waals surface area contributed by atoms with Gasteiger partial charge in [-0.05, 0) is 61.4 Å². The van der Waals surface area contributed by atoms with Gasteiger partial charge in [0, 0.05) is 31.3 Å². The average Bonchev–Trinajstić information content (AvgIpc) is 3.01. The van der Waals surface area contributed by atoms with E-state index in [1.54, 1.807) is 0 Å². The lowest BCUT2D eigenvalue weighted by Gasteiger charge is -2.28. The number of aromatic nitrogens is 1. The number of rotatable bonds is 11. The van der Waals surface area contributed by atoms with E-state index < -0.39 is 22.2 Å². The number of hydrogen-bond donors (Lipinski definition) is 0. The van der Waals surface area contributed by atoms with Crippen molar-refractivity contribution in [1.82, 2.24) is 9.29 Å². The predicted molar refractivity (Wildman–Crippen MR) is 163 cm³/mol. The summed E-state index contributed by atoms with van der Waals surface area (Å²) >= 11 is 0. The van der Waals surface area contributed by atoms with E-state index in [1.807, 2.05) is 80.6 Å². The van der Waals surface area contributed by atoms with Crippen LogP contribution in [-0.4, -0.2) is 62.7 Å². The summed E-state index contributed by atoms with van der Waals surface area (Å²) in [6, 6.07) is 21.9. The van der Waals surface area contributed by atoms with Crippen molar-refractivity contribution < 1.29 is 31.6 Å². The van der Waals surface area contributed by atoms with Crippen molar-refractivity contribution in [1.29, 1.82) is 0 Å². The lowest BCUT2D eigenvalue weighted by atomic mass is 9.95. The van der Waals surface area contributed by atoms with E-state index in [1.165, 1.54) is 4.31 Å². The van der Waals surface area contributed by atoms with Gasteiger partial charge in [-0.25, -0.2) is 4.98 Å². The summed E-state index contributed by atoms with van der Waals surface area (Å²) < 4.78 is 48.8. The summed E-state index contributed by atoms with van der Waals surface area (Å²) in [7, 11) is -4.16. The molecule has 10 heteroatoms. The van der Waals surface area contributed by atoms with E-state index in [-0.39, 0.29) is 19.2 Å². The molecule has 0 saturated carbocycles. The van der Waals surface area contributed by atoms with E-state index in [9.17, 15) is 13.2 Å². The summed E-state index contributed by atoms with van der Waals surface area (Å²) in [6.07, 6.45) is 3.23. The zero-order valence-electron chi connectivity index (χ0n) is 24.6. The largest absolute Gasteiger partial charge is 0.475 e. The molecular formula is C33H38N2O7S. The molecule has 1 fully saturated rings. The Morgan fingerprint density at radius 3 is 2.65 bits per heavy atom. The molecule has 0 aliphatic carbocycles. The van der Waals surface area contributed by atoms with Crippen LogP contribution in [0, 0.1) is 12.8 Å².